The molecule has 0 saturated carbocycles. The SMILES string of the molecule is CCC(CC)N(CCO)C(=O)c1c(F)cc(Br)cc1F. The summed E-state index contributed by atoms with van der Waals surface area (Å²) in [4.78, 5) is 13.7. The standard InChI is InChI=1S/C14H18BrF2NO2/c1-3-10(4-2)18(5-6-19)14(20)13-11(16)7-9(15)8-12(13)17/h7-8,10,19H,3-6H2,1-2H3. The molecule has 0 heterocycles. The van der Waals surface area contributed by atoms with Crippen molar-refractivity contribution in [1.82, 2.24) is 4.90 Å². The van der Waals surface area contributed by atoms with Crippen LogP contribution < -0.4 is 0 Å². The van der Waals surface area contributed by atoms with Crippen molar-refractivity contribution in [2.75, 3.05) is 13.2 Å². The van der Waals surface area contributed by atoms with Crippen molar-refractivity contribution in [2.24, 2.45) is 0 Å². The van der Waals surface area contributed by atoms with Crippen molar-refractivity contribution < 1.29 is 18.7 Å². The van der Waals surface area contributed by atoms with Gasteiger partial charge in [-0.05, 0) is 25.0 Å². The number of aliphatic hydroxyl groups excluding tert-OH is 1. The van der Waals surface area contributed by atoms with Gasteiger partial charge in [-0.15, -0.1) is 0 Å². The fourth-order valence-electron chi connectivity index (χ4n) is 2.18. The highest BCUT2D eigenvalue weighted by atomic mass is 79.9. The summed E-state index contributed by atoms with van der Waals surface area (Å²) in [6, 6.07) is 1.96. The third-order valence-electron chi connectivity index (χ3n) is 3.21. The second kappa shape index (κ2) is 7.69. The molecule has 0 aromatic heterocycles. The van der Waals surface area contributed by atoms with Crippen LogP contribution in [0.4, 0.5) is 8.78 Å². The molecule has 0 bridgehead atoms. The smallest absolute Gasteiger partial charge is 0.260 e. The number of hydrogen-bond acceptors (Lipinski definition) is 2. The zero-order valence-corrected chi connectivity index (χ0v) is 13.1. The molecule has 1 N–H and O–H groups in total. The summed E-state index contributed by atoms with van der Waals surface area (Å²) in [5.74, 6) is -2.54. The van der Waals surface area contributed by atoms with Gasteiger partial charge in [-0.1, -0.05) is 29.8 Å². The van der Waals surface area contributed by atoms with Gasteiger partial charge in [0.2, 0.25) is 0 Å². The lowest BCUT2D eigenvalue weighted by Crippen LogP contribution is -2.42. The van der Waals surface area contributed by atoms with Crippen LogP contribution in [0.2, 0.25) is 0 Å². The van der Waals surface area contributed by atoms with Gasteiger partial charge in [0.15, 0.2) is 0 Å². The van der Waals surface area contributed by atoms with Crippen molar-refractivity contribution in [3.8, 4) is 0 Å². The number of hydrogen-bond donors (Lipinski definition) is 1. The second-order valence-corrected chi connectivity index (χ2v) is 5.35. The number of carbonyl (C=O) groups is 1. The minimum Gasteiger partial charge on any atom is -0.395 e. The van der Waals surface area contributed by atoms with E-state index in [0.717, 1.165) is 12.1 Å². The third-order valence-corrected chi connectivity index (χ3v) is 3.66. The minimum absolute atomic E-state index is 0.0557. The Morgan fingerprint density at radius 3 is 2.20 bits per heavy atom. The Hall–Kier alpha value is -1.01. The molecule has 0 aliphatic rings. The van der Waals surface area contributed by atoms with Crippen LogP contribution >= 0.6 is 15.9 Å². The van der Waals surface area contributed by atoms with E-state index in [0.29, 0.717) is 12.8 Å². The summed E-state index contributed by atoms with van der Waals surface area (Å²) < 4.78 is 27.9. The molecule has 20 heavy (non-hydrogen) atoms. The zero-order valence-electron chi connectivity index (χ0n) is 11.5. The van der Waals surface area contributed by atoms with Gasteiger partial charge in [0.25, 0.3) is 5.91 Å². The molecule has 0 unspecified atom stereocenters. The Morgan fingerprint density at radius 2 is 1.80 bits per heavy atom. The van der Waals surface area contributed by atoms with E-state index in [1.54, 1.807) is 0 Å². The summed E-state index contributed by atoms with van der Waals surface area (Å²) in [5, 5.41) is 9.07. The molecule has 0 fully saturated rings. The van der Waals surface area contributed by atoms with E-state index < -0.39 is 23.1 Å². The number of carbonyl (C=O) groups excluding carboxylic acids is 1. The van der Waals surface area contributed by atoms with Crippen LogP contribution in [0.1, 0.15) is 37.0 Å². The summed E-state index contributed by atoms with van der Waals surface area (Å²) >= 11 is 2.98. The van der Waals surface area contributed by atoms with Crippen molar-refractivity contribution in [3.05, 3.63) is 33.8 Å². The first-order valence-electron chi connectivity index (χ1n) is 6.52. The van der Waals surface area contributed by atoms with E-state index in [2.05, 4.69) is 15.9 Å². The molecule has 0 aliphatic heterocycles. The molecule has 1 rings (SSSR count). The van der Waals surface area contributed by atoms with E-state index in [-0.39, 0.29) is 23.7 Å². The van der Waals surface area contributed by atoms with Gasteiger partial charge in [0, 0.05) is 17.1 Å². The first kappa shape index (κ1) is 17.0. The van der Waals surface area contributed by atoms with Crippen LogP contribution in [-0.4, -0.2) is 35.1 Å². The molecule has 0 radical (unpaired) electrons. The Bertz CT molecular complexity index is 455. The maximum atomic E-state index is 13.9. The Balaban J connectivity index is 3.19. The van der Waals surface area contributed by atoms with E-state index in [1.807, 2.05) is 13.8 Å². The van der Waals surface area contributed by atoms with Crippen LogP contribution in [0.3, 0.4) is 0 Å². The summed E-state index contributed by atoms with van der Waals surface area (Å²) in [6.07, 6.45) is 1.31. The lowest BCUT2D eigenvalue weighted by molar-refractivity contribution is 0.0612. The lowest BCUT2D eigenvalue weighted by atomic mass is 10.1. The van der Waals surface area contributed by atoms with Crippen LogP contribution in [0.25, 0.3) is 0 Å². The zero-order chi connectivity index (χ0) is 15.3. The lowest BCUT2D eigenvalue weighted by Gasteiger charge is -2.30. The van der Waals surface area contributed by atoms with E-state index in [1.165, 1.54) is 4.90 Å². The van der Waals surface area contributed by atoms with Gasteiger partial charge in [-0.2, -0.15) is 0 Å². The number of aliphatic hydroxyl groups is 1. The summed E-state index contributed by atoms with van der Waals surface area (Å²) in [5.41, 5.74) is -0.575. The van der Waals surface area contributed by atoms with E-state index >= 15 is 0 Å². The number of rotatable bonds is 6. The summed E-state index contributed by atoms with van der Waals surface area (Å²) in [7, 11) is 0. The van der Waals surface area contributed by atoms with Gasteiger partial charge in [0.1, 0.15) is 17.2 Å². The Labute approximate surface area is 125 Å². The molecule has 0 atom stereocenters. The van der Waals surface area contributed by atoms with Crippen molar-refractivity contribution in [3.63, 3.8) is 0 Å². The fraction of sp³-hybridized carbons (Fsp3) is 0.500. The van der Waals surface area contributed by atoms with Crippen LogP contribution in [0.15, 0.2) is 16.6 Å². The third kappa shape index (κ3) is 3.76. The van der Waals surface area contributed by atoms with Gasteiger partial charge in [-0.3, -0.25) is 4.79 Å². The monoisotopic (exact) mass is 349 g/mol. The maximum absolute atomic E-state index is 13.9. The molecule has 6 heteroatoms. The topological polar surface area (TPSA) is 40.5 Å². The molecule has 0 aliphatic carbocycles. The molecule has 3 nitrogen and oxygen atoms in total. The molecule has 1 aromatic carbocycles. The van der Waals surface area contributed by atoms with Crippen LogP contribution in [0, 0.1) is 11.6 Å². The highest BCUT2D eigenvalue weighted by Gasteiger charge is 2.27. The van der Waals surface area contributed by atoms with E-state index in [4.69, 9.17) is 5.11 Å². The average molecular weight is 350 g/mol. The predicted molar refractivity (Wildman–Crippen MR) is 76.6 cm³/mol. The fourth-order valence-corrected chi connectivity index (χ4v) is 2.58. The Kier molecular flexibility index (Phi) is 6.55. The van der Waals surface area contributed by atoms with Gasteiger partial charge < -0.3 is 10.0 Å². The number of nitrogens with zero attached hydrogens (tertiary/aromatic N) is 1. The molecule has 112 valence electrons. The van der Waals surface area contributed by atoms with Gasteiger partial charge in [-0.25, -0.2) is 8.78 Å². The van der Waals surface area contributed by atoms with Crippen molar-refractivity contribution in [1.29, 1.82) is 0 Å². The quantitative estimate of drug-likeness (QED) is 0.855. The van der Waals surface area contributed by atoms with Gasteiger partial charge >= 0.3 is 0 Å². The number of benzene rings is 1. The second-order valence-electron chi connectivity index (χ2n) is 4.44. The molecule has 1 aromatic rings. The largest absolute Gasteiger partial charge is 0.395 e. The Morgan fingerprint density at radius 1 is 1.30 bits per heavy atom. The van der Waals surface area contributed by atoms with Gasteiger partial charge in [0.05, 0.1) is 6.61 Å². The first-order chi connectivity index (χ1) is 9.46. The van der Waals surface area contributed by atoms with Crippen LogP contribution in [0.5, 0.6) is 0 Å². The molecule has 0 spiro atoms. The summed E-state index contributed by atoms with van der Waals surface area (Å²) in [6.45, 7) is 3.59. The highest BCUT2D eigenvalue weighted by molar-refractivity contribution is 9.10. The number of amides is 1. The minimum atomic E-state index is -0.907. The highest BCUT2D eigenvalue weighted by Crippen LogP contribution is 2.22. The van der Waals surface area contributed by atoms with Crippen LogP contribution in [-0.2, 0) is 0 Å². The average Bonchev–Trinajstić information content (AvgIpc) is 2.37. The van der Waals surface area contributed by atoms with Crippen molar-refractivity contribution in [2.45, 2.75) is 32.7 Å². The molecular weight excluding hydrogens is 332 g/mol. The molecule has 0 saturated heterocycles. The molecule has 1 amide bonds. The first-order valence-corrected chi connectivity index (χ1v) is 7.31. The van der Waals surface area contributed by atoms with Crippen molar-refractivity contribution >= 4 is 21.8 Å². The maximum Gasteiger partial charge on any atom is 0.260 e. The van der Waals surface area contributed by atoms with E-state index in [9.17, 15) is 13.6 Å². The predicted octanol–water partition coefficient (Wildman–Crippen LogP) is 3.35. The normalized spacial score (nSPS) is 10.9. The number of halogens is 3. The molecular formula is C14H18BrF2NO2.